The Labute approximate surface area is 147 Å². The summed E-state index contributed by atoms with van der Waals surface area (Å²) in [6.07, 6.45) is 3.28. The summed E-state index contributed by atoms with van der Waals surface area (Å²) in [6.45, 7) is 2.02. The Bertz CT molecular complexity index is 771. The maximum Gasteiger partial charge on any atom is 0.254 e. The molecule has 6 nitrogen and oxygen atoms in total. The van der Waals surface area contributed by atoms with E-state index >= 15 is 0 Å². The molecule has 1 aromatic carbocycles. The highest BCUT2D eigenvalue weighted by molar-refractivity contribution is 5.94. The highest BCUT2D eigenvalue weighted by atomic mass is 16.5. The van der Waals surface area contributed by atoms with Crippen molar-refractivity contribution in [3.63, 3.8) is 0 Å². The largest absolute Gasteiger partial charge is 0.493 e. The molecule has 1 N–H and O–H groups in total. The second-order valence-corrected chi connectivity index (χ2v) is 6.71. The predicted molar refractivity (Wildman–Crippen MR) is 94.7 cm³/mol. The molecule has 0 bridgehead atoms. The zero-order chi connectivity index (χ0) is 17.2. The molecule has 1 fully saturated rings. The summed E-state index contributed by atoms with van der Waals surface area (Å²) >= 11 is 0. The van der Waals surface area contributed by atoms with E-state index in [1.807, 2.05) is 42.3 Å². The molecule has 2 heterocycles. The molecule has 0 atom stereocenters. The molecule has 1 aliphatic carbocycles. The zero-order valence-electron chi connectivity index (χ0n) is 14.4. The minimum atomic E-state index is 0.0437. The number of amides is 1. The van der Waals surface area contributed by atoms with E-state index in [1.165, 1.54) is 12.8 Å². The molecule has 0 saturated heterocycles. The number of ether oxygens (including phenoxy) is 1. The van der Waals surface area contributed by atoms with Crippen molar-refractivity contribution < 1.29 is 9.53 Å². The third-order valence-corrected chi connectivity index (χ3v) is 4.77. The van der Waals surface area contributed by atoms with Crippen LogP contribution in [0.3, 0.4) is 0 Å². The SMILES string of the molecule is CNc1cc2c(nn1)CCN(C(=O)c1ccc(OCC3CC3)cc1)C2. The van der Waals surface area contributed by atoms with Gasteiger partial charge in [-0.3, -0.25) is 4.79 Å². The van der Waals surface area contributed by atoms with Crippen molar-refractivity contribution in [2.24, 2.45) is 5.92 Å². The smallest absolute Gasteiger partial charge is 0.254 e. The van der Waals surface area contributed by atoms with Crippen LogP contribution >= 0.6 is 0 Å². The van der Waals surface area contributed by atoms with E-state index in [9.17, 15) is 4.79 Å². The summed E-state index contributed by atoms with van der Waals surface area (Å²) in [6, 6.07) is 9.45. The van der Waals surface area contributed by atoms with Gasteiger partial charge < -0.3 is 15.0 Å². The molecule has 1 amide bonds. The van der Waals surface area contributed by atoms with Crippen LogP contribution in [0.1, 0.15) is 34.5 Å². The van der Waals surface area contributed by atoms with Gasteiger partial charge in [0.1, 0.15) is 11.6 Å². The number of rotatable bonds is 5. The van der Waals surface area contributed by atoms with Crippen LogP contribution in [0.15, 0.2) is 30.3 Å². The number of carbonyl (C=O) groups excluding carboxylic acids is 1. The molecule has 25 heavy (non-hydrogen) atoms. The van der Waals surface area contributed by atoms with Crippen molar-refractivity contribution >= 4 is 11.7 Å². The highest BCUT2D eigenvalue weighted by Gasteiger charge is 2.24. The normalized spacial score (nSPS) is 16.3. The van der Waals surface area contributed by atoms with Gasteiger partial charge in [0.05, 0.1) is 12.3 Å². The predicted octanol–water partition coefficient (Wildman–Crippen LogP) is 2.51. The van der Waals surface area contributed by atoms with E-state index < -0.39 is 0 Å². The summed E-state index contributed by atoms with van der Waals surface area (Å²) < 4.78 is 5.74. The first-order valence-corrected chi connectivity index (χ1v) is 8.78. The first-order chi connectivity index (χ1) is 12.2. The van der Waals surface area contributed by atoms with Crippen LogP contribution in [-0.4, -0.2) is 41.2 Å². The van der Waals surface area contributed by atoms with Gasteiger partial charge in [-0.25, -0.2) is 0 Å². The van der Waals surface area contributed by atoms with Crippen molar-refractivity contribution in [2.75, 3.05) is 25.5 Å². The van der Waals surface area contributed by atoms with Crippen molar-refractivity contribution in [3.8, 4) is 5.75 Å². The van der Waals surface area contributed by atoms with Crippen LogP contribution in [0.25, 0.3) is 0 Å². The fraction of sp³-hybridized carbons (Fsp3) is 0.421. The number of hydrogen-bond acceptors (Lipinski definition) is 5. The number of hydrogen-bond donors (Lipinski definition) is 1. The number of benzene rings is 1. The molecule has 0 spiro atoms. The lowest BCUT2D eigenvalue weighted by Crippen LogP contribution is -2.36. The Balaban J connectivity index is 1.43. The average molecular weight is 338 g/mol. The number of fused-ring (bicyclic) bond motifs is 1. The maximum atomic E-state index is 12.8. The summed E-state index contributed by atoms with van der Waals surface area (Å²) in [7, 11) is 1.81. The third-order valence-electron chi connectivity index (χ3n) is 4.77. The fourth-order valence-corrected chi connectivity index (χ4v) is 3.00. The highest BCUT2D eigenvalue weighted by Crippen LogP contribution is 2.29. The van der Waals surface area contributed by atoms with Crippen molar-refractivity contribution in [1.82, 2.24) is 15.1 Å². The Kier molecular flexibility index (Phi) is 4.26. The van der Waals surface area contributed by atoms with Crippen LogP contribution in [-0.2, 0) is 13.0 Å². The second kappa shape index (κ2) is 6.70. The van der Waals surface area contributed by atoms with Gasteiger partial charge in [0.25, 0.3) is 5.91 Å². The molecular formula is C19H22N4O2. The summed E-state index contributed by atoms with van der Waals surface area (Å²) in [4.78, 5) is 14.6. The van der Waals surface area contributed by atoms with Gasteiger partial charge in [0, 0.05) is 32.1 Å². The Morgan fingerprint density at radius 2 is 2.08 bits per heavy atom. The molecule has 0 unspecified atom stereocenters. The number of nitrogens with one attached hydrogen (secondary N) is 1. The number of nitrogens with zero attached hydrogens (tertiary/aromatic N) is 3. The topological polar surface area (TPSA) is 67.4 Å². The molecule has 130 valence electrons. The van der Waals surface area contributed by atoms with E-state index in [4.69, 9.17) is 4.74 Å². The zero-order valence-corrected chi connectivity index (χ0v) is 14.4. The molecule has 1 saturated carbocycles. The lowest BCUT2D eigenvalue weighted by molar-refractivity contribution is 0.0733. The van der Waals surface area contributed by atoms with E-state index in [-0.39, 0.29) is 5.91 Å². The summed E-state index contributed by atoms with van der Waals surface area (Å²) in [5.74, 6) is 2.33. The van der Waals surface area contributed by atoms with Gasteiger partial charge in [-0.2, -0.15) is 5.10 Å². The Hall–Kier alpha value is -2.63. The lowest BCUT2D eigenvalue weighted by Gasteiger charge is -2.28. The van der Waals surface area contributed by atoms with Gasteiger partial charge in [-0.15, -0.1) is 5.10 Å². The van der Waals surface area contributed by atoms with Crippen LogP contribution in [0, 0.1) is 5.92 Å². The van der Waals surface area contributed by atoms with Gasteiger partial charge in [-0.1, -0.05) is 0 Å². The van der Waals surface area contributed by atoms with Gasteiger partial charge in [0.2, 0.25) is 0 Å². The fourth-order valence-electron chi connectivity index (χ4n) is 3.00. The summed E-state index contributed by atoms with van der Waals surface area (Å²) in [5.41, 5.74) is 2.73. The van der Waals surface area contributed by atoms with Crippen LogP contribution in [0.5, 0.6) is 5.75 Å². The molecule has 0 radical (unpaired) electrons. The number of anilines is 1. The first-order valence-electron chi connectivity index (χ1n) is 8.78. The van der Waals surface area contributed by atoms with Crippen molar-refractivity contribution in [2.45, 2.75) is 25.8 Å². The van der Waals surface area contributed by atoms with Gasteiger partial charge in [-0.05, 0) is 54.7 Å². The van der Waals surface area contributed by atoms with Crippen molar-refractivity contribution in [1.29, 1.82) is 0 Å². The molecule has 4 rings (SSSR count). The monoisotopic (exact) mass is 338 g/mol. The third kappa shape index (κ3) is 3.57. The van der Waals surface area contributed by atoms with E-state index in [1.54, 1.807) is 0 Å². The van der Waals surface area contributed by atoms with Crippen LogP contribution in [0.4, 0.5) is 5.82 Å². The molecule has 1 aromatic heterocycles. The van der Waals surface area contributed by atoms with Gasteiger partial charge >= 0.3 is 0 Å². The van der Waals surface area contributed by atoms with E-state index in [0.29, 0.717) is 18.7 Å². The number of aromatic nitrogens is 2. The minimum absolute atomic E-state index is 0.0437. The van der Waals surface area contributed by atoms with Crippen LogP contribution < -0.4 is 10.1 Å². The second-order valence-electron chi connectivity index (χ2n) is 6.71. The molecule has 2 aliphatic rings. The van der Waals surface area contributed by atoms with Gasteiger partial charge in [0.15, 0.2) is 0 Å². The Morgan fingerprint density at radius 1 is 1.28 bits per heavy atom. The minimum Gasteiger partial charge on any atom is -0.493 e. The maximum absolute atomic E-state index is 12.8. The van der Waals surface area contributed by atoms with E-state index in [0.717, 1.165) is 41.8 Å². The van der Waals surface area contributed by atoms with Crippen LogP contribution in [0.2, 0.25) is 0 Å². The molecule has 2 aromatic rings. The molecule has 1 aliphatic heterocycles. The first kappa shape index (κ1) is 15.9. The lowest BCUT2D eigenvalue weighted by atomic mass is 10.0. The molecule has 6 heteroatoms. The standard InChI is InChI=1S/C19H22N4O2/c1-20-18-10-15-11-23(9-8-17(15)21-22-18)19(24)14-4-6-16(7-5-14)25-12-13-2-3-13/h4-7,10,13H,2-3,8-9,11-12H2,1H3,(H,20,22). The summed E-state index contributed by atoms with van der Waals surface area (Å²) in [5, 5.41) is 11.3. The van der Waals surface area contributed by atoms with Crippen molar-refractivity contribution in [3.05, 3.63) is 47.2 Å². The molecular weight excluding hydrogens is 316 g/mol. The Morgan fingerprint density at radius 3 is 2.80 bits per heavy atom. The number of carbonyl (C=O) groups is 1. The van der Waals surface area contributed by atoms with E-state index in [2.05, 4.69) is 15.5 Å². The average Bonchev–Trinajstić information content (AvgIpc) is 3.50. The quantitative estimate of drug-likeness (QED) is 0.907.